The summed E-state index contributed by atoms with van der Waals surface area (Å²) >= 11 is 0. The van der Waals surface area contributed by atoms with Crippen LogP contribution >= 0.6 is 0 Å². The summed E-state index contributed by atoms with van der Waals surface area (Å²) in [7, 11) is 1.58. The van der Waals surface area contributed by atoms with Gasteiger partial charge in [-0.1, -0.05) is 18.2 Å². The molecule has 0 bridgehead atoms. The molecule has 0 spiro atoms. The summed E-state index contributed by atoms with van der Waals surface area (Å²) in [5, 5.41) is 10.4. The molecular weight excluding hydrogens is 230 g/mol. The molecule has 96 valence electrons. The number of methoxy groups -OCH3 is 1. The van der Waals surface area contributed by atoms with Crippen LogP contribution in [0, 0.1) is 6.92 Å². The number of ether oxygens (including phenoxy) is 1. The number of rotatable bonds is 5. The van der Waals surface area contributed by atoms with E-state index in [0.717, 1.165) is 22.2 Å². The van der Waals surface area contributed by atoms with E-state index in [4.69, 9.17) is 4.74 Å². The Morgan fingerprint density at radius 1 is 1.44 bits per heavy atom. The zero-order valence-electron chi connectivity index (χ0n) is 10.6. The van der Waals surface area contributed by atoms with Gasteiger partial charge in [-0.2, -0.15) is 0 Å². The molecule has 0 saturated heterocycles. The van der Waals surface area contributed by atoms with E-state index in [2.05, 4.69) is 4.98 Å². The van der Waals surface area contributed by atoms with Crippen LogP contribution in [0.25, 0.3) is 10.9 Å². The second-order valence-corrected chi connectivity index (χ2v) is 4.38. The second kappa shape index (κ2) is 5.23. The molecule has 2 aromatic rings. The Morgan fingerprint density at radius 3 is 2.83 bits per heavy atom. The number of H-pyrrole nitrogens is 1. The molecule has 0 aliphatic carbocycles. The lowest BCUT2D eigenvalue weighted by atomic mass is 9.93. The monoisotopic (exact) mass is 247 g/mol. The topological polar surface area (TPSA) is 62.3 Å². The van der Waals surface area contributed by atoms with Gasteiger partial charge in [-0.05, 0) is 25.0 Å². The van der Waals surface area contributed by atoms with Crippen LogP contribution < -0.4 is 0 Å². The number of fused-ring (bicyclic) bond motifs is 1. The number of carbonyl (C=O) groups is 1. The zero-order valence-corrected chi connectivity index (χ0v) is 10.6. The third kappa shape index (κ3) is 2.24. The Labute approximate surface area is 106 Å². The van der Waals surface area contributed by atoms with Crippen molar-refractivity contribution in [3.8, 4) is 0 Å². The zero-order chi connectivity index (χ0) is 13.1. The number of hydrogen-bond donors (Lipinski definition) is 2. The van der Waals surface area contributed by atoms with Gasteiger partial charge in [0.05, 0.1) is 5.92 Å². The number of aromatic nitrogens is 1. The number of carboxylic acids is 1. The Bertz CT molecular complexity index is 559. The van der Waals surface area contributed by atoms with E-state index in [1.807, 2.05) is 31.2 Å². The predicted octanol–water partition coefficient (Wildman–Crippen LogP) is 2.68. The fraction of sp³-hybridized carbons (Fsp3) is 0.357. The highest BCUT2D eigenvalue weighted by molar-refractivity contribution is 5.90. The van der Waals surface area contributed by atoms with E-state index < -0.39 is 11.9 Å². The van der Waals surface area contributed by atoms with Gasteiger partial charge in [0.1, 0.15) is 0 Å². The first kappa shape index (κ1) is 12.6. The first-order valence-electron chi connectivity index (χ1n) is 5.94. The van der Waals surface area contributed by atoms with Gasteiger partial charge in [-0.15, -0.1) is 0 Å². The normalized spacial score (nSPS) is 12.8. The minimum Gasteiger partial charge on any atom is -0.481 e. The Balaban J connectivity index is 2.49. The smallest absolute Gasteiger partial charge is 0.311 e. The SMILES string of the molecule is COCCC(C(=O)O)c1c(C)[nH]c2ccccc12. The fourth-order valence-corrected chi connectivity index (χ4v) is 2.37. The van der Waals surface area contributed by atoms with E-state index in [9.17, 15) is 9.90 Å². The number of benzene rings is 1. The van der Waals surface area contributed by atoms with Crippen molar-refractivity contribution in [2.75, 3.05) is 13.7 Å². The highest BCUT2D eigenvalue weighted by atomic mass is 16.5. The van der Waals surface area contributed by atoms with Crippen molar-refractivity contribution in [1.82, 2.24) is 4.98 Å². The van der Waals surface area contributed by atoms with Crippen LogP contribution in [-0.4, -0.2) is 29.8 Å². The van der Waals surface area contributed by atoms with Crippen molar-refractivity contribution >= 4 is 16.9 Å². The maximum absolute atomic E-state index is 11.4. The quantitative estimate of drug-likeness (QED) is 0.853. The summed E-state index contributed by atoms with van der Waals surface area (Å²) in [4.78, 5) is 14.7. The molecule has 2 rings (SSSR count). The summed E-state index contributed by atoms with van der Waals surface area (Å²) in [6, 6.07) is 7.78. The van der Waals surface area contributed by atoms with E-state index in [1.165, 1.54) is 0 Å². The van der Waals surface area contributed by atoms with Crippen molar-refractivity contribution in [2.24, 2.45) is 0 Å². The highest BCUT2D eigenvalue weighted by Gasteiger charge is 2.24. The number of aryl methyl sites for hydroxylation is 1. The molecule has 4 heteroatoms. The van der Waals surface area contributed by atoms with Gasteiger partial charge < -0.3 is 14.8 Å². The van der Waals surface area contributed by atoms with Gasteiger partial charge in [0.25, 0.3) is 0 Å². The second-order valence-electron chi connectivity index (χ2n) is 4.38. The Morgan fingerprint density at radius 2 is 2.17 bits per heavy atom. The predicted molar refractivity (Wildman–Crippen MR) is 69.9 cm³/mol. The van der Waals surface area contributed by atoms with Crippen molar-refractivity contribution in [3.05, 3.63) is 35.5 Å². The fourth-order valence-electron chi connectivity index (χ4n) is 2.37. The average molecular weight is 247 g/mol. The molecule has 1 aromatic heterocycles. The highest BCUT2D eigenvalue weighted by Crippen LogP contribution is 2.31. The molecule has 18 heavy (non-hydrogen) atoms. The van der Waals surface area contributed by atoms with Crippen LogP contribution in [0.4, 0.5) is 0 Å². The molecule has 1 aromatic carbocycles. The van der Waals surface area contributed by atoms with Crippen LogP contribution in [0.1, 0.15) is 23.6 Å². The number of carboxylic acid groups (broad SMARTS) is 1. The van der Waals surface area contributed by atoms with Gasteiger partial charge in [0, 0.05) is 30.3 Å². The van der Waals surface area contributed by atoms with Gasteiger partial charge in [0.15, 0.2) is 0 Å². The van der Waals surface area contributed by atoms with Crippen molar-refractivity contribution in [3.63, 3.8) is 0 Å². The molecule has 1 atom stereocenters. The molecule has 4 nitrogen and oxygen atoms in total. The van der Waals surface area contributed by atoms with E-state index >= 15 is 0 Å². The number of hydrogen-bond acceptors (Lipinski definition) is 2. The molecule has 0 amide bonds. The Kier molecular flexibility index (Phi) is 3.67. The summed E-state index contributed by atoms with van der Waals surface area (Å²) in [5.74, 6) is -1.33. The molecule has 0 radical (unpaired) electrons. The van der Waals surface area contributed by atoms with Crippen molar-refractivity contribution < 1.29 is 14.6 Å². The third-order valence-electron chi connectivity index (χ3n) is 3.20. The summed E-state index contributed by atoms with van der Waals surface area (Å²) < 4.78 is 5.00. The molecule has 1 unspecified atom stereocenters. The summed E-state index contributed by atoms with van der Waals surface area (Å²) in [6.45, 7) is 2.36. The first-order valence-corrected chi connectivity index (χ1v) is 5.94. The van der Waals surface area contributed by atoms with E-state index in [1.54, 1.807) is 7.11 Å². The lowest BCUT2D eigenvalue weighted by Crippen LogP contribution is -2.14. The average Bonchev–Trinajstić information content (AvgIpc) is 2.66. The molecule has 0 fully saturated rings. The lowest BCUT2D eigenvalue weighted by Gasteiger charge is -2.12. The maximum atomic E-state index is 11.4. The minimum absolute atomic E-state index is 0.440. The molecule has 0 aliphatic heterocycles. The first-order chi connectivity index (χ1) is 8.65. The molecular formula is C14H17NO3. The minimum atomic E-state index is -0.806. The maximum Gasteiger partial charge on any atom is 0.311 e. The van der Waals surface area contributed by atoms with Gasteiger partial charge in [0.2, 0.25) is 0 Å². The van der Waals surface area contributed by atoms with Crippen LogP contribution in [0.15, 0.2) is 24.3 Å². The van der Waals surface area contributed by atoms with Crippen LogP contribution in [-0.2, 0) is 9.53 Å². The largest absolute Gasteiger partial charge is 0.481 e. The number of nitrogens with one attached hydrogen (secondary N) is 1. The molecule has 1 heterocycles. The summed E-state index contributed by atoms with van der Waals surface area (Å²) in [5.41, 5.74) is 2.77. The van der Waals surface area contributed by atoms with Gasteiger partial charge in [-0.25, -0.2) is 0 Å². The van der Waals surface area contributed by atoms with Crippen molar-refractivity contribution in [2.45, 2.75) is 19.3 Å². The summed E-state index contributed by atoms with van der Waals surface area (Å²) in [6.07, 6.45) is 0.481. The lowest BCUT2D eigenvalue weighted by molar-refractivity contribution is -0.139. The number of aliphatic carboxylic acids is 1. The van der Waals surface area contributed by atoms with Gasteiger partial charge in [-0.3, -0.25) is 4.79 Å². The molecule has 0 aliphatic rings. The van der Waals surface area contributed by atoms with E-state index in [-0.39, 0.29) is 0 Å². The van der Waals surface area contributed by atoms with E-state index in [0.29, 0.717) is 13.0 Å². The molecule has 2 N–H and O–H groups in total. The molecule has 0 saturated carbocycles. The Hall–Kier alpha value is -1.81. The standard InChI is InChI=1S/C14H17NO3/c1-9-13(11(14(16)17)7-8-18-2)10-5-3-4-6-12(10)15-9/h3-6,11,15H,7-8H2,1-2H3,(H,16,17). The van der Waals surface area contributed by atoms with Crippen LogP contribution in [0.2, 0.25) is 0 Å². The van der Waals surface area contributed by atoms with Gasteiger partial charge >= 0.3 is 5.97 Å². The van der Waals surface area contributed by atoms with Crippen LogP contribution in [0.5, 0.6) is 0 Å². The van der Waals surface area contributed by atoms with Crippen LogP contribution in [0.3, 0.4) is 0 Å². The third-order valence-corrected chi connectivity index (χ3v) is 3.20. The van der Waals surface area contributed by atoms with Crippen molar-refractivity contribution in [1.29, 1.82) is 0 Å². The number of para-hydroxylation sites is 1. The number of aromatic amines is 1.